The van der Waals surface area contributed by atoms with E-state index in [1.165, 1.54) is 39.2 Å². The average molecular weight is 507 g/mol. The van der Waals surface area contributed by atoms with Crippen LogP contribution < -0.4 is 10.6 Å². The SMILES string of the molecule is CCNC(=NCc1cc(C(=O)OC)c(C)o1)NCCCOC1CCCCC1.I. The van der Waals surface area contributed by atoms with Gasteiger partial charge in [0.1, 0.15) is 23.6 Å². The summed E-state index contributed by atoms with van der Waals surface area (Å²) in [6.45, 7) is 6.46. The lowest BCUT2D eigenvalue weighted by molar-refractivity contribution is 0.0277. The van der Waals surface area contributed by atoms with Gasteiger partial charge in [-0.05, 0) is 39.2 Å². The number of rotatable bonds is 9. The molecule has 1 aromatic rings. The van der Waals surface area contributed by atoms with Crippen LogP contribution >= 0.6 is 24.0 Å². The van der Waals surface area contributed by atoms with Gasteiger partial charge in [-0.3, -0.25) is 0 Å². The number of guanidine groups is 1. The number of carbonyl (C=O) groups excluding carboxylic acids is 1. The second-order valence-electron chi connectivity index (χ2n) is 6.78. The molecule has 0 radical (unpaired) electrons. The highest BCUT2D eigenvalue weighted by atomic mass is 127. The topological polar surface area (TPSA) is 85.1 Å². The first kappa shape index (κ1) is 24.7. The molecule has 1 aromatic heterocycles. The van der Waals surface area contributed by atoms with Crippen LogP contribution in [0.2, 0.25) is 0 Å². The van der Waals surface area contributed by atoms with E-state index < -0.39 is 5.97 Å². The highest BCUT2D eigenvalue weighted by molar-refractivity contribution is 14.0. The number of aryl methyl sites for hydroxylation is 1. The molecule has 1 aliphatic rings. The number of halogens is 1. The van der Waals surface area contributed by atoms with Crippen molar-refractivity contribution in [2.75, 3.05) is 26.8 Å². The Morgan fingerprint density at radius 3 is 2.71 bits per heavy atom. The van der Waals surface area contributed by atoms with Crippen molar-refractivity contribution in [3.8, 4) is 0 Å². The van der Waals surface area contributed by atoms with Crippen molar-refractivity contribution >= 4 is 35.9 Å². The van der Waals surface area contributed by atoms with Gasteiger partial charge in [0, 0.05) is 19.7 Å². The molecular weight excluding hydrogens is 473 g/mol. The molecule has 1 aliphatic carbocycles. The Morgan fingerprint density at radius 2 is 2.04 bits per heavy atom. The van der Waals surface area contributed by atoms with Gasteiger partial charge < -0.3 is 24.5 Å². The lowest BCUT2D eigenvalue weighted by Crippen LogP contribution is -2.38. The smallest absolute Gasteiger partial charge is 0.341 e. The van der Waals surface area contributed by atoms with Gasteiger partial charge in [0.2, 0.25) is 0 Å². The molecule has 7 nitrogen and oxygen atoms in total. The molecule has 160 valence electrons. The predicted molar refractivity (Wildman–Crippen MR) is 120 cm³/mol. The first-order valence-electron chi connectivity index (χ1n) is 9.95. The summed E-state index contributed by atoms with van der Waals surface area (Å²) >= 11 is 0. The third-order valence-corrected chi connectivity index (χ3v) is 4.63. The molecule has 0 atom stereocenters. The summed E-state index contributed by atoms with van der Waals surface area (Å²) in [4.78, 5) is 16.2. The molecule has 0 aromatic carbocycles. The molecule has 0 unspecified atom stereocenters. The highest BCUT2D eigenvalue weighted by Gasteiger charge is 2.15. The molecule has 2 N–H and O–H groups in total. The van der Waals surface area contributed by atoms with Gasteiger partial charge >= 0.3 is 5.97 Å². The molecule has 0 amide bonds. The largest absolute Gasteiger partial charge is 0.465 e. The minimum absolute atomic E-state index is 0. The Balaban J connectivity index is 0.00000392. The van der Waals surface area contributed by atoms with Gasteiger partial charge in [-0.15, -0.1) is 24.0 Å². The Labute approximate surface area is 185 Å². The first-order chi connectivity index (χ1) is 13.1. The summed E-state index contributed by atoms with van der Waals surface area (Å²) in [5.74, 6) is 1.51. The third kappa shape index (κ3) is 8.38. The molecule has 1 heterocycles. The van der Waals surface area contributed by atoms with E-state index in [9.17, 15) is 4.79 Å². The quantitative estimate of drug-likeness (QED) is 0.174. The second kappa shape index (κ2) is 13.8. The summed E-state index contributed by atoms with van der Waals surface area (Å²) in [7, 11) is 1.36. The van der Waals surface area contributed by atoms with Crippen molar-refractivity contribution in [3.63, 3.8) is 0 Å². The van der Waals surface area contributed by atoms with E-state index in [1.807, 2.05) is 6.92 Å². The molecule has 0 bridgehead atoms. The maximum atomic E-state index is 11.7. The Bertz CT molecular complexity index is 613. The van der Waals surface area contributed by atoms with Crippen LogP contribution in [0.1, 0.15) is 67.3 Å². The fourth-order valence-electron chi connectivity index (χ4n) is 3.19. The van der Waals surface area contributed by atoms with Crippen LogP contribution in [0, 0.1) is 6.92 Å². The molecule has 0 saturated heterocycles. The predicted octanol–water partition coefficient (Wildman–Crippen LogP) is 3.79. The number of nitrogens with one attached hydrogen (secondary N) is 2. The summed E-state index contributed by atoms with van der Waals surface area (Å²) in [6.07, 6.45) is 7.73. The maximum Gasteiger partial charge on any atom is 0.341 e. The van der Waals surface area contributed by atoms with E-state index in [4.69, 9.17) is 13.9 Å². The molecule has 0 aliphatic heterocycles. The number of aliphatic imine (C=N–C) groups is 1. The van der Waals surface area contributed by atoms with Gasteiger partial charge in [-0.2, -0.15) is 0 Å². The number of hydrogen-bond donors (Lipinski definition) is 2. The van der Waals surface area contributed by atoms with Crippen LogP contribution in [0.25, 0.3) is 0 Å². The van der Waals surface area contributed by atoms with Crippen LogP contribution in [-0.2, 0) is 16.0 Å². The van der Waals surface area contributed by atoms with Crippen LogP contribution in [0.4, 0.5) is 0 Å². The van der Waals surface area contributed by atoms with Crippen molar-refractivity contribution in [3.05, 3.63) is 23.2 Å². The van der Waals surface area contributed by atoms with Gasteiger partial charge in [-0.1, -0.05) is 19.3 Å². The van der Waals surface area contributed by atoms with Crippen molar-refractivity contribution in [2.45, 2.75) is 65.0 Å². The third-order valence-electron chi connectivity index (χ3n) is 4.63. The summed E-state index contributed by atoms with van der Waals surface area (Å²) in [5.41, 5.74) is 0.445. The summed E-state index contributed by atoms with van der Waals surface area (Å²) in [5, 5.41) is 6.52. The highest BCUT2D eigenvalue weighted by Crippen LogP contribution is 2.20. The van der Waals surface area contributed by atoms with Gasteiger partial charge in [0.05, 0.1) is 13.2 Å². The standard InChI is InChI=1S/C20H33N3O4.HI/c1-4-21-20(22-11-8-12-26-16-9-6-5-7-10-16)23-14-17-13-18(15(2)27-17)19(24)25-3;/h13,16H,4-12,14H2,1-3H3,(H2,21,22,23);1H. The Morgan fingerprint density at radius 1 is 1.29 bits per heavy atom. The zero-order valence-electron chi connectivity index (χ0n) is 17.2. The summed E-state index contributed by atoms with van der Waals surface area (Å²) in [6, 6.07) is 1.69. The summed E-state index contributed by atoms with van der Waals surface area (Å²) < 4.78 is 16.3. The fraction of sp³-hybridized carbons (Fsp3) is 0.700. The zero-order chi connectivity index (χ0) is 19.5. The van der Waals surface area contributed by atoms with E-state index in [0.717, 1.165) is 32.1 Å². The normalized spacial score (nSPS) is 15.0. The number of esters is 1. The van der Waals surface area contributed by atoms with Crippen molar-refractivity contribution < 1.29 is 18.7 Å². The molecule has 1 fully saturated rings. The van der Waals surface area contributed by atoms with Crippen LogP contribution in [0.5, 0.6) is 0 Å². The van der Waals surface area contributed by atoms with Gasteiger partial charge in [0.25, 0.3) is 0 Å². The minimum atomic E-state index is -0.394. The van der Waals surface area contributed by atoms with Gasteiger partial charge in [0.15, 0.2) is 5.96 Å². The minimum Gasteiger partial charge on any atom is -0.465 e. The zero-order valence-corrected chi connectivity index (χ0v) is 19.5. The molecule has 1 saturated carbocycles. The van der Waals surface area contributed by atoms with E-state index >= 15 is 0 Å². The number of carbonyl (C=O) groups is 1. The van der Waals surface area contributed by atoms with Crippen molar-refractivity contribution in [1.29, 1.82) is 0 Å². The van der Waals surface area contributed by atoms with E-state index in [-0.39, 0.29) is 24.0 Å². The average Bonchev–Trinajstić information content (AvgIpc) is 3.06. The van der Waals surface area contributed by atoms with Crippen LogP contribution in [-0.4, -0.2) is 44.8 Å². The van der Waals surface area contributed by atoms with E-state index in [2.05, 4.69) is 15.6 Å². The fourth-order valence-corrected chi connectivity index (χ4v) is 3.19. The number of hydrogen-bond acceptors (Lipinski definition) is 5. The van der Waals surface area contributed by atoms with E-state index in [1.54, 1.807) is 13.0 Å². The number of methoxy groups -OCH3 is 1. The maximum absolute atomic E-state index is 11.7. The molecule has 2 rings (SSSR count). The van der Waals surface area contributed by atoms with Gasteiger partial charge in [-0.25, -0.2) is 9.79 Å². The monoisotopic (exact) mass is 507 g/mol. The van der Waals surface area contributed by atoms with Crippen LogP contribution in [0.3, 0.4) is 0 Å². The van der Waals surface area contributed by atoms with Crippen molar-refractivity contribution in [1.82, 2.24) is 10.6 Å². The molecular formula is C20H34IN3O4. The molecule has 28 heavy (non-hydrogen) atoms. The number of nitrogens with zero attached hydrogens (tertiary/aromatic N) is 1. The Hall–Kier alpha value is -1.29. The second-order valence-corrected chi connectivity index (χ2v) is 6.78. The number of ether oxygens (including phenoxy) is 2. The van der Waals surface area contributed by atoms with Crippen molar-refractivity contribution in [2.24, 2.45) is 4.99 Å². The molecule has 0 spiro atoms. The van der Waals surface area contributed by atoms with E-state index in [0.29, 0.717) is 29.7 Å². The lowest BCUT2D eigenvalue weighted by Gasteiger charge is -2.22. The lowest BCUT2D eigenvalue weighted by atomic mass is 9.98. The molecule has 8 heteroatoms. The first-order valence-corrected chi connectivity index (χ1v) is 9.95. The number of furan rings is 1. The Kier molecular flexibility index (Phi) is 12.2. The van der Waals surface area contributed by atoms with Crippen LogP contribution in [0.15, 0.2) is 15.5 Å².